The van der Waals surface area contributed by atoms with Crippen molar-refractivity contribution in [3.05, 3.63) is 78.4 Å². The van der Waals surface area contributed by atoms with Crippen LogP contribution in [-0.4, -0.2) is 19.8 Å². The highest BCUT2D eigenvalue weighted by Gasteiger charge is 2.24. The van der Waals surface area contributed by atoms with E-state index in [0.717, 1.165) is 16.3 Å². The number of hydrogen-bond acceptors (Lipinski definition) is 2. The summed E-state index contributed by atoms with van der Waals surface area (Å²) in [5, 5.41) is 4.96. The lowest BCUT2D eigenvalue weighted by molar-refractivity contribution is 0.102. The maximum atomic E-state index is 14.7. The summed E-state index contributed by atoms with van der Waals surface area (Å²) in [5.41, 5.74) is 0.836. The molecule has 0 aromatic heterocycles. The molecular formula is C20H20FNO. The first-order chi connectivity index (χ1) is 11.3. The lowest BCUT2D eigenvalue weighted by Crippen LogP contribution is -2.29. The van der Waals surface area contributed by atoms with Crippen LogP contribution in [0.5, 0.6) is 5.75 Å². The van der Waals surface area contributed by atoms with E-state index in [2.05, 4.69) is 5.32 Å². The summed E-state index contributed by atoms with van der Waals surface area (Å²) < 4.78 is 20.8. The Balaban J connectivity index is 1.97. The van der Waals surface area contributed by atoms with Gasteiger partial charge in [0.1, 0.15) is 5.75 Å². The normalized spacial score (nSPS) is 13.7. The maximum absolute atomic E-state index is 14.7. The summed E-state index contributed by atoms with van der Waals surface area (Å²) in [5.74, 6) is 0.704. The van der Waals surface area contributed by atoms with E-state index in [-0.39, 0.29) is 6.54 Å². The fraction of sp³-hybridized carbons (Fsp3) is 0.200. The molecule has 0 aliphatic carbocycles. The van der Waals surface area contributed by atoms with Crippen molar-refractivity contribution in [3.8, 4) is 5.75 Å². The SMILES string of the molecule is CNC[C@H](F)[C@@H](Oc1cccc2ccccc12)c1ccccc1. The number of rotatable bonds is 6. The van der Waals surface area contributed by atoms with Crippen LogP contribution in [0.3, 0.4) is 0 Å². The van der Waals surface area contributed by atoms with Crippen molar-refractivity contribution in [2.75, 3.05) is 13.6 Å². The first kappa shape index (κ1) is 15.5. The molecule has 3 heteroatoms. The Hall–Kier alpha value is -2.39. The Bertz CT molecular complexity index is 754. The summed E-state index contributed by atoms with van der Waals surface area (Å²) in [6.07, 6.45) is -1.78. The van der Waals surface area contributed by atoms with Crippen LogP contribution in [-0.2, 0) is 0 Å². The molecule has 2 atom stereocenters. The van der Waals surface area contributed by atoms with Gasteiger partial charge in [0.15, 0.2) is 12.3 Å². The van der Waals surface area contributed by atoms with E-state index in [1.807, 2.05) is 72.8 Å². The van der Waals surface area contributed by atoms with Crippen molar-refractivity contribution in [2.45, 2.75) is 12.3 Å². The van der Waals surface area contributed by atoms with Crippen LogP contribution in [0, 0.1) is 0 Å². The van der Waals surface area contributed by atoms with E-state index in [1.165, 1.54) is 0 Å². The molecule has 3 rings (SSSR count). The van der Waals surface area contributed by atoms with Gasteiger partial charge in [-0.1, -0.05) is 66.7 Å². The van der Waals surface area contributed by atoms with Crippen molar-refractivity contribution in [3.63, 3.8) is 0 Å². The topological polar surface area (TPSA) is 21.3 Å². The summed E-state index contributed by atoms with van der Waals surface area (Å²) in [6.45, 7) is 0.240. The van der Waals surface area contributed by atoms with Gasteiger partial charge < -0.3 is 10.1 Å². The number of halogens is 1. The molecule has 0 aliphatic rings. The summed E-state index contributed by atoms with van der Waals surface area (Å²) in [7, 11) is 1.74. The van der Waals surface area contributed by atoms with Crippen LogP contribution in [0.1, 0.15) is 11.7 Å². The van der Waals surface area contributed by atoms with Crippen LogP contribution in [0.4, 0.5) is 4.39 Å². The number of alkyl halides is 1. The van der Waals surface area contributed by atoms with Gasteiger partial charge in [-0.3, -0.25) is 0 Å². The average Bonchev–Trinajstić information content (AvgIpc) is 2.60. The van der Waals surface area contributed by atoms with Gasteiger partial charge in [-0.15, -0.1) is 0 Å². The number of benzene rings is 3. The molecular weight excluding hydrogens is 289 g/mol. The molecule has 0 heterocycles. The van der Waals surface area contributed by atoms with Crippen LogP contribution in [0.2, 0.25) is 0 Å². The number of nitrogens with one attached hydrogen (secondary N) is 1. The average molecular weight is 309 g/mol. The first-order valence-electron chi connectivity index (χ1n) is 7.77. The molecule has 118 valence electrons. The van der Waals surface area contributed by atoms with E-state index in [1.54, 1.807) is 7.05 Å². The molecule has 0 saturated carbocycles. The Morgan fingerprint density at radius 3 is 2.39 bits per heavy atom. The third kappa shape index (κ3) is 3.51. The van der Waals surface area contributed by atoms with Gasteiger partial charge in [-0.2, -0.15) is 0 Å². The molecule has 0 radical (unpaired) electrons. The Morgan fingerprint density at radius 1 is 0.913 bits per heavy atom. The van der Waals surface area contributed by atoms with Crippen molar-refractivity contribution in [2.24, 2.45) is 0 Å². The standard InChI is InChI=1S/C20H20FNO/c1-22-14-18(21)20(16-9-3-2-4-10-16)23-19-13-7-11-15-8-5-6-12-17(15)19/h2-13,18,20,22H,14H2,1H3/t18-,20-/m0/s1. The second kappa shape index (κ2) is 7.25. The molecule has 2 nitrogen and oxygen atoms in total. The van der Waals surface area contributed by atoms with Crippen molar-refractivity contribution >= 4 is 10.8 Å². The zero-order chi connectivity index (χ0) is 16.1. The predicted octanol–water partition coefficient (Wildman–Crippen LogP) is 4.52. The highest BCUT2D eigenvalue weighted by atomic mass is 19.1. The minimum atomic E-state index is -1.14. The van der Waals surface area contributed by atoms with Gasteiger partial charge in [0.05, 0.1) is 0 Å². The van der Waals surface area contributed by atoms with Gasteiger partial charge in [-0.25, -0.2) is 4.39 Å². The number of ether oxygens (including phenoxy) is 1. The molecule has 1 N–H and O–H groups in total. The van der Waals surface area contributed by atoms with E-state index < -0.39 is 12.3 Å². The lowest BCUT2D eigenvalue weighted by Gasteiger charge is -2.24. The Labute approximate surface area is 135 Å². The molecule has 0 fully saturated rings. The van der Waals surface area contributed by atoms with Crippen molar-refractivity contribution in [1.29, 1.82) is 0 Å². The van der Waals surface area contributed by atoms with E-state index >= 15 is 0 Å². The van der Waals surface area contributed by atoms with E-state index in [0.29, 0.717) is 5.75 Å². The van der Waals surface area contributed by atoms with Crippen molar-refractivity contribution in [1.82, 2.24) is 5.32 Å². The fourth-order valence-corrected chi connectivity index (χ4v) is 2.73. The molecule has 0 aliphatic heterocycles. The molecule has 0 bridgehead atoms. The molecule has 0 amide bonds. The number of hydrogen-bond donors (Lipinski definition) is 1. The summed E-state index contributed by atoms with van der Waals surface area (Å²) in [4.78, 5) is 0. The fourth-order valence-electron chi connectivity index (χ4n) is 2.73. The van der Waals surface area contributed by atoms with Gasteiger partial charge in [0.2, 0.25) is 0 Å². The van der Waals surface area contributed by atoms with Gasteiger partial charge in [0.25, 0.3) is 0 Å². The maximum Gasteiger partial charge on any atom is 0.156 e. The zero-order valence-corrected chi connectivity index (χ0v) is 13.1. The lowest BCUT2D eigenvalue weighted by atomic mass is 10.0. The zero-order valence-electron chi connectivity index (χ0n) is 13.1. The molecule has 3 aromatic rings. The highest BCUT2D eigenvalue weighted by molar-refractivity contribution is 5.88. The van der Waals surface area contributed by atoms with Gasteiger partial charge >= 0.3 is 0 Å². The minimum absolute atomic E-state index is 0.240. The van der Waals surface area contributed by atoms with E-state index in [4.69, 9.17) is 4.74 Å². The number of fused-ring (bicyclic) bond motifs is 1. The minimum Gasteiger partial charge on any atom is -0.482 e. The highest BCUT2D eigenvalue weighted by Crippen LogP contribution is 2.31. The monoisotopic (exact) mass is 309 g/mol. The second-order valence-corrected chi connectivity index (χ2v) is 5.50. The van der Waals surface area contributed by atoms with Crippen LogP contribution in [0.25, 0.3) is 10.8 Å². The summed E-state index contributed by atoms with van der Waals surface area (Å²) >= 11 is 0. The molecule has 0 unspecified atom stereocenters. The smallest absolute Gasteiger partial charge is 0.156 e. The predicted molar refractivity (Wildman–Crippen MR) is 92.6 cm³/mol. The summed E-state index contributed by atoms with van der Waals surface area (Å²) in [6, 6.07) is 23.4. The second-order valence-electron chi connectivity index (χ2n) is 5.50. The molecule has 3 aromatic carbocycles. The Kier molecular flexibility index (Phi) is 4.89. The molecule has 0 spiro atoms. The van der Waals surface area contributed by atoms with Crippen LogP contribution in [0.15, 0.2) is 72.8 Å². The van der Waals surface area contributed by atoms with E-state index in [9.17, 15) is 4.39 Å². The van der Waals surface area contributed by atoms with Crippen molar-refractivity contribution < 1.29 is 9.13 Å². The largest absolute Gasteiger partial charge is 0.482 e. The quantitative estimate of drug-likeness (QED) is 0.723. The van der Waals surface area contributed by atoms with Gasteiger partial charge in [-0.05, 0) is 24.1 Å². The third-order valence-corrected chi connectivity index (χ3v) is 3.86. The molecule has 0 saturated heterocycles. The van der Waals surface area contributed by atoms with Gasteiger partial charge in [0, 0.05) is 11.9 Å². The Morgan fingerprint density at radius 2 is 1.61 bits per heavy atom. The first-order valence-corrected chi connectivity index (χ1v) is 7.77. The van der Waals surface area contributed by atoms with Crippen LogP contribution >= 0.6 is 0 Å². The third-order valence-electron chi connectivity index (χ3n) is 3.86. The molecule has 23 heavy (non-hydrogen) atoms. The van der Waals surface area contributed by atoms with Crippen LogP contribution < -0.4 is 10.1 Å².